The van der Waals surface area contributed by atoms with Gasteiger partial charge in [0.2, 0.25) is 11.7 Å². The van der Waals surface area contributed by atoms with E-state index in [0.29, 0.717) is 18.1 Å². The summed E-state index contributed by atoms with van der Waals surface area (Å²) in [5.74, 6) is 1.32. The molecule has 3 rings (SSSR count). The van der Waals surface area contributed by atoms with Crippen LogP contribution in [0.2, 0.25) is 0 Å². The van der Waals surface area contributed by atoms with Crippen LogP contribution >= 0.6 is 0 Å². The number of hydrogen-bond donors (Lipinski definition) is 1. The van der Waals surface area contributed by atoms with Gasteiger partial charge < -0.3 is 10.3 Å². The zero-order valence-corrected chi connectivity index (χ0v) is 11.9. The van der Waals surface area contributed by atoms with Gasteiger partial charge in [-0.05, 0) is 25.3 Å². The van der Waals surface area contributed by atoms with E-state index in [9.17, 15) is 0 Å². The summed E-state index contributed by atoms with van der Waals surface area (Å²) >= 11 is 0. The van der Waals surface area contributed by atoms with Crippen LogP contribution in [0.5, 0.6) is 0 Å². The minimum absolute atomic E-state index is 0.159. The largest absolute Gasteiger partial charge is 0.339 e. The van der Waals surface area contributed by atoms with Gasteiger partial charge in [-0.1, -0.05) is 48.7 Å². The Morgan fingerprint density at radius 2 is 1.95 bits per heavy atom. The van der Waals surface area contributed by atoms with Gasteiger partial charge in [0, 0.05) is 17.5 Å². The average Bonchev–Trinajstić information content (AvgIpc) is 2.87. The van der Waals surface area contributed by atoms with Gasteiger partial charge in [0.25, 0.3) is 0 Å². The number of nitrogens with two attached hydrogens (primary N) is 1. The number of hydrogen-bond acceptors (Lipinski definition) is 4. The van der Waals surface area contributed by atoms with Crippen molar-refractivity contribution >= 4 is 0 Å². The van der Waals surface area contributed by atoms with Crippen molar-refractivity contribution in [1.29, 1.82) is 0 Å². The maximum atomic E-state index is 6.44. The van der Waals surface area contributed by atoms with E-state index in [1.165, 1.54) is 19.3 Å². The second kappa shape index (κ2) is 5.37. The molecule has 0 radical (unpaired) electrons. The van der Waals surface area contributed by atoms with Crippen molar-refractivity contribution in [3.05, 3.63) is 35.7 Å². The highest BCUT2D eigenvalue weighted by molar-refractivity contribution is 5.58. The zero-order chi connectivity index (χ0) is 14.0. The van der Waals surface area contributed by atoms with Crippen LogP contribution in [0, 0.1) is 6.92 Å². The fraction of sp³-hybridized carbons (Fsp3) is 0.500. The molecular weight excluding hydrogens is 250 g/mol. The smallest absolute Gasteiger partial charge is 0.228 e. The number of aromatic nitrogens is 2. The van der Waals surface area contributed by atoms with Crippen LogP contribution in [0.4, 0.5) is 0 Å². The summed E-state index contributed by atoms with van der Waals surface area (Å²) < 4.78 is 5.40. The van der Waals surface area contributed by atoms with Gasteiger partial charge >= 0.3 is 0 Å². The molecule has 1 aromatic heterocycles. The van der Waals surface area contributed by atoms with Crippen LogP contribution in [-0.2, 0) is 6.42 Å². The molecule has 2 aromatic rings. The van der Waals surface area contributed by atoms with E-state index in [1.807, 2.05) is 18.2 Å². The Balaban J connectivity index is 1.79. The fourth-order valence-corrected chi connectivity index (χ4v) is 2.99. The van der Waals surface area contributed by atoms with E-state index in [1.54, 1.807) is 0 Å². The maximum Gasteiger partial charge on any atom is 0.228 e. The summed E-state index contributed by atoms with van der Waals surface area (Å²) in [6, 6.07) is 8.07. The highest BCUT2D eigenvalue weighted by atomic mass is 16.5. The van der Waals surface area contributed by atoms with Crippen molar-refractivity contribution < 1.29 is 4.52 Å². The lowest BCUT2D eigenvalue weighted by Crippen LogP contribution is -2.43. The number of aryl methyl sites for hydroxylation is 1. The van der Waals surface area contributed by atoms with Crippen LogP contribution < -0.4 is 5.73 Å². The first kappa shape index (κ1) is 13.3. The summed E-state index contributed by atoms with van der Waals surface area (Å²) in [5.41, 5.74) is 8.46. The number of benzene rings is 1. The van der Waals surface area contributed by atoms with Crippen molar-refractivity contribution in [1.82, 2.24) is 10.1 Å². The molecule has 20 heavy (non-hydrogen) atoms. The Bertz CT molecular complexity index is 585. The van der Waals surface area contributed by atoms with Crippen molar-refractivity contribution in [2.45, 2.75) is 51.0 Å². The van der Waals surface area contributed by atoms with Crippen molar-refractivity contribution in [2.75, 3.05) is 0 Å². The quantitative estimate of drug-likeness (QED) is 0.930. The third-order valence-corrected chi connectivity index (χ3v) is 4.21. The lowest BCUT2D eigenvalue weighted by Gasteiger charge is -2.31. The monoisotopic (exact) mass is 271 g/mol. The van der Waals surface area contributed by atoms with Gasteiger partial charge in [-0.15, -0.1) is 0 Å². The van der Waals surface area contributed by atoms with Gasteiger partial charge in [0.1, 0.15) is 0 Å². The lowest BCUT2D eigenvalue weighted by molar-refractivity contribution is 0.261. The normalized spacial score (nSPS) is 18.1. The third-order valence-electron chi connectivity index (χ3n) is 4.21. The first-order valence-electron chi connectivity index (χ1n) is 7.34. The average molecular weight is 271 g/mol. The molecule has 1 aliphatic rings. The third kappa shape index (κ3) is 2.75. The van der Waals surface area contributed by atoms with Crippen LogP contribution in [0.1, 0.15) is 43.6 Å². The Kier molecular flexibility index (Phi) is 3.57. The molecule has 4 heteroatoms. The Morgan fingerprint density at radius 1 is 1.20 bits per heavy atom. The highest BCUT2D eigenvalue weighted by Crippen LogP contribution is 2.29. The fourth-order valence-electron chi connectivity index (χ4n) is 2.99. The van der Waals surface area contributed by atoms with E-state index < -0.39 is 0 Å². The molecule has 0 bridgehead atoms. The minimum Gasteiger partial charge on any atom is -0.339 e. The molecular formula is C16H21N3O. The van der Waals surface area contributed by atoms with Crippen LogP contribution in [0.15, 0.2) is 28.8 Å². The maximum absolute atomic E-state index is 6.44. The van der Waals surface area contributed by atoms with Gasteiger partial charge in [-0.25, -0.2) is 0 Å². The second-order valence-electron chi connectivity index (χ2n) is 5.93. The Hall–Kier alpha value is -1.68. The highest BCUT2D eigenvalue weighted by Gasteiger charge is 2.30. The molecule has 2 N–H and O–H groups in total. The topological polar surface area (TPSA) is 64.9 Å². The summed E-state index contributed by atoms with van der Waals surface area (Å²) in [6.45, 7) is 2.05. The van der Waals surface area contributed by atoms with E-state index in [0.717, 1.165) is 24.0 Å². The van der Waals surface area contributed by atoms with Crippen molar-refractivity contribution in [2.24, 2.45) is 5.73 Å². The Labute approximate surface area is 119 Å². The molecule has 1 aliphatic carbocycles. The summed E-state index contributed by atoms with van der Waals surface area (Å²) in [5, 5.41) is 4.10. The number of nitrogens with zero attached hydrogens (tertiary/aromatic N) is 2. The summed E-state index contributed by atoms with van der Waals surface area (Å²) in [7, 11) is 0. The van der Waals surface area contributed by atoms with E-state index in [4.69, 9.17) is 10.3 Å². The van der Waals surface area contributed by atoms with Gasteiger partial charge in [0.15, 0.2) is 0 Å². The molecule has 1 heterocycles. The molecule has 1 saturated carbocycles. The van der Waals surface area contributed by atoms with Crippen molar-refractivity contribution in [3.63, 3.8) is 0 Å². The molecule has 1 aromatic carbocycles. The second-order valence-corrected chi connectivity index (χ2v) is 5.93. The van der Waals surface area contributed by atoms with Crippen molar-refractivity contribution in [3.8, 4) is 11.4 Å². The molecule has 0 aliphatic heterocycles. The zero-order valence-electron chi connectivity index (χ0n) is 11.9. The van der Waals surface area contributed by atoms with Gasteiger partial charge in [-0.3, -0.25) is 0 Å². The molecule has 0 saturated heterocycles. The summed E-state index contributed by atoms with van der Waals surface area (Å²) in [6.07, 6.45) is 6.48. The predicted octanol–water partition coefficient (Wildman–Crippen LogP) is 3.25. The van der Waals surface area contributed by atoms with Crippen LogP contribution in [0.3, 0.4) is 0 Å². The SMILES string of the molecule is Cc1ccccc1-c1noc(CC2(N)CCCCC2)n1. The van der Waals surface area contributed by atoms with Gasteiger partial charge in [0.05, 0.1) is 0 Å². The molecule has 0 atom stereocenters. The van der Waals surface area contributed by atoms with Gasteiger partial charge in [-0.2, -0.15) is 4.98 Å². The predicted molar refractivity (Wildman–Crippen MR) is 78.2 cm³/mol. The van der Waals surface area contributed by atoms with E-state index in [-0.39, 0.29) is 5.54 Å². The van der Waals surface area contributed by atoms with E-state index >= 15 is 0 Å². The first-order valence-corrected chi connectivity index (χ1v) is 7.34. The molecule has 0 amide bonds. The lowest BCUT2D eigenvalue weighted by atomic mass is 9.80. The summed E-state index contributed by atoms with van der Waals surface area (Å²) in [4.78, 5) is 4.52. The number of rotatable bonds is 3. The molecule has 0 spiro atoms. The molecule has 106 valence electrons. The minimum atomic E-state index is -0.159. The Morgan fingerprint density at radius 3 is 2.70 bits per heavy atom. The molecule has 1 fully saturated rings. The molecule has 4 nitrogen and oxygen atoms in total. The van der Waals surface area contributed by atoms with E-state index in [2.05, 4.69) is 23.1 Å². The standard InChI is InChI=1S/C16H21N3O/c1-12-7-3-4-8-13(12)15-18-14(20-19-15)11-16(17)9-5-2-6-10-16/h3-4,7-8H,2,5-6,9-11,17H2,1H3. The molecule has 0 unspecified atom stereocenters. The van der Waals surface area contributed by atoms with Crippen LogP contribution in [-0.4, -0.2) is 15.7 Å². The van der Waals surface area contributed by atoms with Crippen LogP contribution in [0.25, 0.3) is 11.4 Å². The first-order chi connectivity index (χ1) is 9.66.